The second-order valence-electron chi connectivity index (χ2n) is 4.96. The Bertz CT molecular complexity index is 477. The number of benzene rings is 2. The first-order chi connectivity index (χ1) is 10.1. The molecule has 0 heterocycles. The van der Waals surface area contributed by atoms with E-state index in [9.17, 15) is 0 Å². The Hall–Kier alpha value is -1.82. The van der Waals surface area contributed by atoms with E-state index in [4.69, 9.17) is 0 Å². The van der Waals surface area contributed by atoms with Gasteiger partial charge in [-0.3, -0.25) is 0 Å². The van der Waals surface area contributed by atoms with Gasteiger partial charge in [0.1, 0.15) is 0 Å². The maximum absolute atomic E-state index is 3.87. The molecule has 0 spiro atoms. The molecule has 0 amide bonds. The van der Waals surface area contributed by atoms with E-state index in [2.05, 4.69) is 75.9 Å². The van der Waals surface area contributed by atoms with Crippen molar-refractivity contribution in [3.8, 4) is 0 Å². The van der Waals surface area contributed by atoms with Crippen LogP contribution in [0.1, 0.15) is 44.4 Å². The molecule has 0 nitrogen and oxygen atoms in total. The van der Waals surface area contributed by atoms with Crippen LogP contribution in [-0.2, 0) is 12.8 Å². The van der Waals surface area contributed by atoms with Gasteiger partial charge in [0, 0.05) is 0 Å². The van der Waals surface area contributed by atoms with Gasteiger partial charge in [-0.15, -0.1) is 0 Å². The number of aryl methyl sites for hydroxylation is 2. The molecule has 0 aromatic heterocycles. The Morgan fingerprint density at radius 2 is 1.38 bits per heavy atom. The van der Waals surface area contributed by atoms with Crippen LogP contribution in [0.2, 0.25) is 0 Å². The summed E-state index contributed by atoms with van der Waals surface area (Å²) in [6.07, 6.45) is 2.14. The molecule has 0 saturated heterocycles. The van der Waals surface area contributed by atoms with Crippen molar-refractivity contribution in [3.63, 3.8) is 0 Å². The molecule has 0 bridgehead atoms. The van der Waals surface area contributed by atoms with Gasteiger partial charge in [0.2, 0.25) is 0 Å². The largest absolute Gasteiger partial charge is 0.0998 e. The van der Waals surface area contributed by atoms with Crippen LogP contribution in [0.15, 0.2) is 66.7 Å². The molecule has 2 aromatic rings. The van der Waals surface area contributed by atoms with Crippen LogP contribution in [-0.4, -0.2) is 0 Å². The summed E-state index contributed by atoms with van der Waals surface area (Å²) in [7, 11) is 0. The molecule has 0 N–H and O–H groups in total. The van der Waals surface area contributed by atoms with E-state index in [-0.39, 0.29) is 0 Å². The van der Waals surface area contributed by atoms with Crippen LogP contribution in [0.3, 0.4) is 0 Å². The molecule has 0 radical (unpaired) electrons. The molecule has 2 rings (SSSR count). The van der Waals surface area contributed by atoms with Crippen LogP contribution < -0.4 is 0 Å². The van der Waals surface area contributed by atoms with E-state index in [0.29, 0.717) is 0 Å². The third-order valence-electron chi connectivity index (χ3n) is 2.88. The van der Waals surface area contributed by atoms with Crippen molar-refractivity contribution < 1.29 is 0 Å². The quantitative estimate of drug-likeness (QED) is 0.572. The summed E-state index contributed by atoms with van der Waals surface area (Å²) >= 11 is 0. The normalized spacial score (nSPS) is 8.81. The Labute approximate surface area is 131 Å². The standard InChI is InChI=1S/C11H14.C8H10.C2H6/c1-9(2)8-11-6-4-10(3)5-7-11;1-2-8-6-4-3-5-7-8;1-2/h4-7H,1,8H2,2-3H3;3-7H,2H2,1H3;1-2H3. The predicted molar refractivity (Wildman–Crippen MR) is 96.9 cm³/mol. The van der Waals surface area contributed by atoms with Gasteiger partial charge in [0.05, 0.1) is 0 Å². The maximum Gasteiger partial charge on any atom is -0.00726 e. The fraction of sp³-hybridized carbons (Fsp3) is 0.333. The molecule has 0 heteroatoms. The van der Waals surface area contributed by atoms with Crippen molar-refractivity contribution in [2.75, 3.05) is 0 Å². The van der Waals surface area contributed by atoms with Gasteiger partial charge in [0.25, 0.3) is 0 Å². The molecule has 114 valence electrons. The smallest absolute Gasteiger partial charge is 0.00726 e. The Morgan fingerprint density at radius 1 is 0.857 bits per heavy atom. The maximum atomic E-state index is 3.87. The number of allylic oxidation sites excluding steroid dienone is 1. The SMILES string of the molecule is C=C(C)Cc1ccc(C)cc1.CC.CCc1ccccc1. The molecule has 0 saturated carbocycles. The summed E-state index contributed by atoms with van der Waals surface area (Å²) in [5.41, 5.74) is 5.29. The Morgan fingerprint density at radius 3 is 1.76 bits per heavy atom. The zero-order valence-electron chi connectivity index (χ0n) is 14.3. The van der Waals surface area contributed by atoms with E-state index in [0.717, 1.165) is 12.8 Å². The highest BCUT2D eigenvalue weighted by Crippen LogP contribution is 2.07. The van der Waals surface area contributed by atoms with Crippen molar-refractivity contribution in [1.82, 2.24) is 0 Å². The lowest BCUT2D eigenvalue weighted by Gasteiger charge is -1.99. The predicted octanol–water partition coefficient (Wildman–Crippen LogP) is 6.39. The van der Waals surface area contributed by atoms with Crippen LogP contribution in [0, 0.1) is 6.92 Å². The summed E-state index contributed by atoms with van der Waals surface area (Å²) in [4.78, 5) is 0. The molecule has 0 aliphatic carbocycles. The second kappa shape index (κ2) is 12.0. The van der Waals surface area contributed by atoms with E-state index < -0.39 is 0 Å². The van der Waals surface area contributed by atoms with Crippen LogP contribution in [0.4, 0.5) is 0 Å². The van der Waals surface area contributed by atoms with Gasteiger partial charge in [-0.05, 0) is 37.8 Å². The molecule has 0 aliphatic heterocycles. The van der Waals surface area contributed by atoms with Crippen molar-refractivity contribution in [2.45, 2.75) is 47.5 Å². The van der Waals surface area contributed by atoms with Crippen LogP contribution in [0.25, 0.3) is 0 Å². The Balaban J connectivity index is 0.000000354. The molecule has 2 aromatic carbocycles. The summed E-state index contributed by atoms with van der Waals surface area (Å²) in [6, 6.07) is 19.0. The fourth-order valence-electron chi connectivity index (χ4n) is 1.77. The fourth-order valence-corrected chi connectivity index (χ4v) is 1.77. The highest BCUT2D eigenvalue weighted by Gasteiger charge is 1.91. The molecule has 21 heavy (non-hydrogen) atoms. The van der Waals surface area contributed by atoms with Gasteiger partial charge in [-0.2, -0.15) is 0 Å². The van der Waals surface area contributed by atoms with Crippen molar-refractivity contribution in [2.24, 2.45) is 0 Å². The molecule has 0 unspecified atom stereocenters. The first kappa shape index (κ1) is 19.2. The molecule has 0 aliphatic rings. The minimum atomic E-state index is 1.00. The van der Waals surface area contributed by atoms with Gasteiger partial charge in [-0.1, -0.05) is 93.1 Å². The van der Waals surface area contributed by atoms with E-state index >= 15 is 0 Å². The van der Waals surface area contributed by atoms with Gasteiger partial charge >= 0.3 is 0 Å². The first-order valence-corrected chi connectivity index (χ1v) is 7.85. The van der Waals surface area contributed by atoms with Gasteiger partial charge in [0.15, 0.2) is 0 Å². The lowest BCUT2D eigenvalue weighted by molar-refractivity contribution is 1.14. The van der Waals surface area contributed by atoms with E-state index in [1.54, 1.807) is 0 Å². The minimum absolute atomic E-state index is 1.00. The number of rotatable bonds is 3. The topological polar surface area (TPSA) is 0 Å². The number of hydrogen-bond acceptors (Lipinski definition) is 0. The second-order valence-corrected chi connectivity index (χ2v) is 4.96. The third kappa shape index (κ3) is 9.67. The van der Waals surface area contributed by atoms with Gasteiger partial charge in [-0.25, -0.2) is 0 Å². The van der Waals surface area contributed by atoms with Crippen molar-refractivity contribution >= 4 is 0 Å². The average molecular weight is 282 g/mol. The lowest BCUT2D eigenvalue weighted by atomic mass is 10.1. The molecular weight excluding hydrogens is 252 g/mol. The van der Waals surface area contributed by atoms with E-state index in [1.807, 2.05) is 19.9 Å². The molecule has 0 fully saturated rings. The minimum Gasteiger partial charge on any atom is -0.0998 e. The number of hydrogen-bond donors (Lipinski definition) is 0. The summed E-state index contributed by atoms with van der Waals surface area (Å²) in [5.74, 6) is 0. The van der Waals surface area contributed by atoms with Gasteiger partial charge < -0.3 is 0 Å². The highest BCUT2D eigenvalue weighted by molar-refractivity contribution is 5.24. The monoisotopic (exact) mass is 282 g/mol. The van der Waals surface area contributed by atoms with Crippen molar-refractivity contribution in [3.05, 3.63) is 83.4 Å². The zero-order valence-corrected chi connectivity index (χ0v) is 14.3. The summed E-state index contributed by atoms with van der Waals surface area (Å²) < 4.78 is 0. The molecular formula is C21H30. The Kier molecular flexibility index (Phi) is 10.9. The first-order valence-electron chi connectivity index (χ1n) is 7.85. The highest BCUT2D eigenvalue weighted by atomic mass is 14.0. The van der Waals surface area contributed by atoms with E-state index in [1.165, 1.54) is 22.3 Å². The summed E-state index contributed by atoms with van der Waals surface area (Å²) in [6.45, 7) is 14.2. The molecule has 0 atom stereocenters. The van der Waals surface area contributed by atoms with Crippen LogP contribution >= 0.6 is 0 Å². The summed E-state index contributed by atoms with van der Waals surface area (Å²) in [5, 5.41) is 0. The van der Waals surface area contributed by atoms with Crippen LogP contribution in [0.5, 0.6) is 0 Å². The zero-order chi connectivity index (χ0) is 16.1. The third-order valence-corrected chi connectivity index (χ3v) is 2.88. The average Bonchev–Trinajstić information content (AvgIpc) is 2.52. The van der Waals surface area contributed by atoms with Crippen molar-refractivity contribution in [1.29, 1.82) is 0 Å². The lowest BCUT2D eigenvalue weighted by Crippen LogP contribution is -1.84.